The molecule has 0 amide bonds. The Morgan fingerprint density at radius 3 is 2.05 bits per heavy atom. The molecule has 0 radical (unpaired) electrons. The number of ether oxygens (including phenoxy) is 3. The van der Waals surface area contributed by atoms with Crippen LogP contribution < -0.4 is 4.90 Å². The Kier molecular flexibility index (Phi) is 6.05. The highest BCUT2D eigenvalue weighted by molar-refractivity contribution is 5.87. The first-order valence-electron chi connectivity index (χ1n) is 5.80. The molecule has 0 bridgehead atoms. The predicted octanol–water partition coefficient (Wildman–Crippen LogP) is -0.584. The second-order valence-electron chi connectivity index (χ2n) is 3.76. The predicted molar refractivity (Wildman–Crippen MR) is 69.6 cm³/mol. The summed E-state index contributed by atoms with van der Waals surface area (Å²) in [5.74, 6) is -1.69. The molecular weight excluding hydrogens is 282 g/mol. The lowest BCUT2D eigenvalue weighted by atomic mass is 10.4. The van der Waals surface area contributed by atoms with Crippen molar-refractivity contribution < 1.29 is 28.6 Å². The molecule has 0 saturated carbocycles. The summed E-state index contributed by atoms with van der Waals surface area (Å²) in [5.41, 5.74) is -0.0465. The molecule has 0 fully saturated rings. The van der Waals surface area contributed by atoms with E-state index in [9.17, 15) is 14.4 Å². The van der Waals surface area contributed by atoms with Gasteiger partial charge in [0.25, 0.3) is 0 Å². The van der Waals surface area contributed by atoms with Crippen LogP contribution in [0.1, 0.15) is 10.5 Å². The number of anilines is 1. The fourth-order valence-corrected chi connectivity index (χ4v) is 1.37. The molecule has 9 heteroatoms. The van der Waals surface area contributed by atoms with Crippen LogP contribution in [0.4, 0.5) is 5.82 Å². The van der Waals surface area contributed by atoms with Crippen molar-refractivity contribution in [2.45, 2.75) is 0 Å². The van der Waals surface area contributed by atoms with E-state index in [1.807, 2.05) is 0 Å². The Hall–Kier alpha value is -2.71. The smallest absolute Gasteiger partial charge is 0.358 e. The van der Waals surface area contributed by atoms with Gasteiger partial charge in [-0.25, -0.2) is 9.78 Å². The van der Waals surface area contributed by atoms with Gasteiger partial charge in [-0.15, -0.1) is 0 Å². The molecule has 0 aliphatic rings. The topological polar surface area (TPSA) is 108 Å². The van der Waals surface area contributed by atoms with Crippen molar-refractivity contribution in [2.75, 3.05) is 39.3 Å². The van der Waals surface area contributed by atoms with Gasteiger partial charge in [-0.05, 0) is 0 Å². The summed E-state index contributed by atoms with van der Waals surface area (Å²) < 4.78 is 13.6. The number of esters is 3. The van der Waals surface area contributed by atoms with Crippen LogP contribution in [0, 0.1) is 0 Å². The molecule has 0 spiro atoms. The minimum Gasteiger partial charge on any atom is -0.468 e. The normalized spacial score (nSPS) is 9.67. The number of aromatic nitrogens is 2. The standard InChI is InChI=1S/C12H15N3O6/c1-19-10(16)6-15(7-11(17)20-2)9-5-13-4-8(14-9)12(18)21-3/h4-5H,6-7H2,1-3H3. The number of nitrogens with zero attached hydrogens (tertiary/aromatic N) is 3. The summed E-state index contributed by atoms with van der Waals surface area (Å²) in [6.07, 6.45) is 2.52. The van der Waals surface area contributed by atoms with Gasteiger partial charge in [-0.3, -0.25) is 14.6 Å². The van der Waals surface area contributed by atoms with Crippen molar-refractivity contribution in [2.24, 2.45) is 0 Å². The van der Waals surface area contributed by atoms with Crippen molar-refractivity contribution >= 4 is 23.7 Å². The Morgan fingerprint density at radius 1 is 1.00 bits per heavy atom. The first-order chi connectivity index (χ1) is 10.0. The summed E-state index contributed by atoms with van der Waals surface area (Å²) in [7, 11) is 3.64. The van der Waals surface area contributed by atoms with Gasteiger partial charge in [0.1, 0.15) is 18.9 Å². The highest BCUT2D eigenvalue weighted by atomic mass is 16.5. The average Bonchev–Trinajstić information content (AvgIpc) is 2.53. The SMILES string of the molecule is COC(=O)CN(CC(=O)OC)c1cncc(C(=O)OC)n1. The highest BCUT2D eigenvalue weighted by Crippen LogP contribution is 2.10. The van der Waals surface area contributed by atoms with Crippen LogP contribution >= 0.6 is 0 Å². The van der Waals surface area contributed by atoms with Crippen LogP contribution in [-0.4, -0.2) is 62.3 Å². The van der Waals surface area contributed by atoms with Crippen molar-refractivity contribution in [1.82, 2.24) is 9.97 Å². The Labute approximate surface area is 120 Å². The van der Waals surface area contributed by atoms with E-state index in [-0.39, 0.29) is 24.6 Å². The van der Waals surface area contributed by atoms with Gasteiger partial charge >= 0.3 is 17.9 Å². The maximum atomic E-state index is 11.4. The van der Waals surface area contributed by atoms with Gasteiger partial charge in [0.2, 0.25) is 0 Å². The van der Waals surface area contributed by atoms with E-state index in [4.69, 9.17) is 0 Å². The Bertz CT molecular complexity index is 515. The third-order valence-electron chi connectivity index (χ3n) is 2.44. The lowest BCUT2D eigenvalue weighted by Crippen LogP contribution is -2.36. The van der Waals surface area contributed by atoms with E-state index in [1.54, 1.807) is 0 Å². The Balaban J connectivity index is 3.03. The number of methoxy groups -OCH3 is 3. The molecule has 0 saturated heterocycles. The third-order valence-corrected chi connectivity index (χ3v) is 2.44. The monoisotopic (exact) mass is 297 g/mol. The average molecular weight is 297 g/mol. The zero-order chi connectivity index (χ0) is 15.8. The van der Waals surface area contributed by atoms with Crippen LogP contribution in [-0.2, 0) is 23.8 Å². The first-order valence-corrected chi connectivity index (χ1v) is 5.80. The van der Waals surface area contributed by atoms with Crippen molar-refractivity contribution in [3.8, 4) is 0 Å². The van der Waals surface area contributed by atoms with Gasteiger partial charge in [0.15, 0.2) is 5.69 Å². The molecule has 0 atom stereocenters. The summed E-state index contributed by atoms with van der Waals surface area (Å²) in [6, 6.07) is 0. The molecule has 1 rings (SSSR count). The zero-order valence-corrected chi connectivity index (χ0v) is 11.9. The second kappa shape index (κ2) is 7.78. The van der Waals surface area contributed by atoms with Crippen molar-refractivity contribution in [3.05, 3.63) is 18.1 Å². The maximum absolute atomic E-state index is 11.4. The van der Waals surface area contributed by atoms with E-state index in [0.717, 1.165) is 0 Å². The van der Waals surface area contributed by atoms with Crippen LogP contribution in [0.15, 0.2) is 12.4 Å². The van der Waals surface area contributed by atoms with Crippen LogP contribution in [0.25, 0.3) is 0 Å². The highest BCUT2D eigenvalue weighted by Gasteiger charge is 2.19. The number of hydrogen-bond donors (Lipinski definition) is 0. The number of hydrogen-bond acceptors (Lipinski definition) is 9. The fourth-order valence-electron chi connectivity index (χ4n) is 1.37. The third kappa shape index (κ3) is 4.71. The van der Waals surface area contributed by atoms with Gasteiger partial charge < -0.3 is 19.1 Å². The summed E-state index contributed by atoms with van der Waals surface area (Å²) in [4.78, 5) is 43.3. The fraction of sp³-hybridized carbons (Fsp3) is 0.417. The molecule has 9 nitrogen and oxygen atoms in total. The molecule has 21 heavy (non-hydrogen) atoms. The lowest BCUT2D eigenvalue weighted by Gasteiger charge is -2.20. The van der Waals surface area contributed by atoms with E-state index < -0.39 is 17.9 Å². The summed E-state index contributed by atoms with van der Waals surface area (Å²) >= 11 is 0. The number of carbonyl (C=O) groups is 3. The number of rotatable bonds is 6. The molecule has 0 aromatic carbocycles. The van der Waals surface area contributed by atoms with Crippen LogP contribution in [0.2, 0.25) is 0 Å². The molecule has 0 N–H and O–H groups in total. The first kappa shape index (κ1) is 16.3. The van der Waals surface area contributed by atoms with Crippen LogP contribution in [0.5, 0.6) is 0 Å². The van der Waals surface area contributed by atoms with E-state index >= 15 is 0 Å². The second-order valence-corrected chi connectivity index (χ2v) is 3.76. The Morgan fingerprint density at radius 2 is 1.57 bits per heavy atom. The molecule has 114 valence electrons. The molecule has 0 aliphatic carbocycles. The zero-order valence-electron chi connectivity index (χ0n) is 11.9. The summed E-state index contributed by atoms with van der Waals surface area (Å²) in [6.45, 7) is -0.490. The van der Waals surface area contributed by atoms with Gasteiger partial charge in [0, 0.05) is 0 Å². The molecule has 1 aromatic heterocycles. The molecule has 1 aromatic rings. The van der Waals surface area contributed by atoms with E-state index in [0.29, 0.717) is 0 Å². The molecule has 1 heterocycles. The van der Waals surface area contributed by atoms with Gasteiger partial charge in [0.05, 0.1) is 33.7 Å². The quantitative estimate of drug-likeness (QED) is 0.503. The minimum absolute atomic E-state index is 0.0465. The van der Waals surface area contributed by atoms with Gasteiger partial charge in [-0.2, -0.15) is 0 Å². The maximum Gasteiger partial charge on any atom is 0.358 e. The lowest BCUT2D eigenvalue weighted by molar-refractivity contribution is -0.140. The van der Waals surface area contributed by atoms with Crippen LogP contribution in [0.3, 0.4) is 0 Å². The molecular formula is C12H15N3O6. The van der Waals surface area contributed by atoms with E-state index in [1.165, 1.54) is 38.6 Å². The van der Waals surface area contributed by atoms with Gasteiger partial charge in [-0.1, -0.05) is 0 Å². The number of carbonyl (C=O) groups excluding carboxylic acids is 3. The largest absolute Gasteiger partial charge is 0.468 e. The van der Waals surface area contributed by atoms with E-state index in [2.05, 4.69) is 24.2 Å². The molecule has 0 unspecified atom stereocenters. The van der Waals surface area contributed by atoms with Crippen molar-refractivity contribution in [1.29, 1.82) is 0 Å². The minimum atomic E-state index is -0.680. The molecule has 0 aliphatic heterocycles. The summed E-state index contributed by atoms with van der Waals surface area (Å²) in [5, 5.41) is 0. The van der Waals surface area contributed by atoms with Crippen molar-refractivity contribution in [3.63, 3.8) is 0 Å².